The van der Waals surface area contributed by atoms with Gasteiger partial charge < -0.3 is 9.55 Å². The second-order valence-electron chi connectivity index (χ2n) is 9.50. The van der Waals surface area contributed by atoms with Crippen LogP contribution in [0, 0.1) is 0 Å². The second-order valence-corrected chi connectivity index (χ2v) is 11.0. The Morgan fingerprint density at radius 1 is 0.897 bits per heavy atom. The van der Waals surface area contributed by atoms with Crippen LogP contribution in [0.15, 0.2) is 93.9 Å². The Morgan fingerprint density at radius 2 is 1.64 bits per heavy atom. The van der Waals surface area contributed by atoms with Gasteiger partial charge in [-0.25, -0.2) is 4.98 Å². The molecule has 0 radical (unpaired) electrons. The van der Waals surface area contributed by atoms with Gasteiger partial charge in [-0.1, -0.05) is 73.0 Å². The number of rotatable bonds is 14. The van der Waals surface area contributed by atoms with Crippen LogP contribution in [0.3, 0.4) is 0 Å². The van der Waals surface area contributed by atoms with Crippen LogP contribution in [-0.2, 0) is 13.0 Å². The standard InChI is InChI=1S/C31H32ClN3O3S/c32-27-14-12-25(13-15-27)28(36)11-7-2-1-3-8-18-39-31-33-21-26(30(38)34-31)19-24-16-17-35(29(37)20-24)22-23-9-5-4-6-10-23/h4-6,9-10,12-17,20-21H,1-3,7-8,11,18-19,22H2,(H,33,34,38). The first kappa shape index (κ1) is 28.6. The molecular weight excluding hydrogens is 530 g/mol. The maximum absolute atomic E-state index is 12.6. The van der Waals surface area contributed by atoms with Gasteiger partial charge in [-0.3, -0.25) is 14.4 Å². The lowest BCUT2D eigenvalue weighted by Crippen LogP contribution is -2.21. The number of carbonyl (C=O) groups is 1. The summed E-state index contributed by atoms with van der Waals surface area (Å²) in [6, 6.07) is 20.3. The van der Waals surface area contributed by atoms with Crippen molar-refractivity contribution in [1.29, 1.82) is 0 Å². The molecule has 0 spiro atoms. The average Bonchev–Trinajstić information content (AvgIpc) is 2.94. The Labute approximate surface area is 237 Å². The van der Waals surface area contributed by atoms with Gasteiger partial charge in [-0.2, -0.15) is 0 Å². The number of ketones is 1. The topological polar surface area (TPSA) is 84.8 Å². The molecule has 4 rings (SSSR count). The van der Waals surface area contributed by atoms with Crippen LogP contribution in [0.25, 0.3) is 0 Å². The molecule has 2 aromatic heterocycles. The number of halogens is 1. The first-order chi connectivity index (χ1) is 19.0. The minimum atomic E-state index is -0.175. The van der Waals surface area contributed by atoms with Crippen LogP contribution in [0.1, 0.15) is 65.6 Å². The average molecular weight is 562 g/mol. The van der Waals surface area contributed by atoms with E-state index >= 15 is 0 Å². The minimum absolute atomic E-state index is 0.0962. The third kappa shape index (κ3) is 9.08. The van der Waals surface area contributed by atoms with Crippen molar-refractivity contribution >= 4 is 29.1 Å². The number of benzene rings is 2. The zero-order valence-electron chi connectivity index (χ0n) is 21.8. The molecule has 39 heavy (non-hydrogen) atoms. The molecule has 0 saturated carbocycles. The number of pyridine rings is 1. The number of aromatic amines is 1. The highest BCUT2D eigenvalue weighted by Crippen LogP contribution is 2.17. The summed E-state index contributed by atoms with van der Waals surface area (Å²) in [7, 11) is 0. The number of thioether (sulfide) groups is 1. The van der Waals surface area contributed by atoms with Gasteiger partial charge in [0.15, 0.2) is 10.9 Å². The van der Waals surface area contributed by atoms with Crippen LogP contribution in [0.5, 0.6) is 0 Å². The van der Waals surface area contributed by atoms with Gasteiger partial charge in [0.25, 0.3) is 11.1 Å². The van der Waals surface area contributed by atoms with Crippen molar-refractivity contribution in [1.82, 2.24) is 14.5 Å². The van der Waals surface area contributed by atoms with Crippen LogP contribution in [-0.4, -0.2) is 26.1 Å². The van der Waals surface area contributed by atoms with E-state index in [-0.39, 0.29) is 16.9 Å². The summed E-state index contributed by atoms with van der Waals surface area (Å²) in [5, 5.41) is 1.24. The van der Waals surface area contributed by atoms with Gasteiger partial charge in [0.2, 0.25) is 0 Å². The fourth-order valence-electron chi connectivity index (χ4n) is 4.26. The van der Waals surface area contributed by atoms with E-state index in [1.54, 1.807) is 47.3 Å². The van der Waals surface area contributed by atoms with Gasteiger partial charge in [0.05, 0.1) is 6.54 Å². The van der Waals surface area contributed by atoms with Crippen molar-refractivity contribution in [3.05, 3.63) is 127 Å². The molecule has 8 heteroatoms. The molecular formula is C31H32ClN3O3S. The molecule has 2 heterocycles. The van der Waals surface area contributed by atoms with E-state index in [1.807, 2.05) is 36.4 Å². The molecule has 0 amide bonds. The zero-order valence-corrected chi connectivity index (χ0v) is 23.3. The number of aromatic nitrogens is 3. The summed E-state index contributed by atoms with van der Waals surface area (Å²) in [4.78, 5) is 44.6. The first-order valence-corrected chi connectivity index (χ1v) is 14.6. The Bertz CT molecular complexity index is 1480. The van der Waals surface area contributed by atoms with Gasteiger partial charge >= 0.3 is 0 Å². The quantitative estimate of drug-likeness (QED) is 0.0817. The van der Waals surface area contributed by atoms with Crippen molar-refractivity contribution in [3.8, 4) is 0 Å². The summed E-state index contributed by atoms with van der Waals surface area (Å²) in [5.74, 6) is 1.03. The van der Waals surface area contributed by atoms with Gasteiger partial charge in [0, 0.05) is 53.2 Å². The molecule has 0 aliphatic heterocycles. The van der Waals surface area contributed by atoms with E-state index in [4.69, 9.17) is 11.6 Å². The highest BCUT2D eigenvalue weighted by molar-refractivity contribution is 7.99. The summed E-state index contributed by atoms with van der Waals surface area (Å²) in [6.07, 6.45) is 9.35. The predicted molar refractivity (Wildman–Crippen MR) is 158 cm³/mol. The van der Waals surface area contributed by atoms with Gasteiger partial charge in [-0.05, 0) is 54.3 Å². The SMILES string of the molecule is O=C(CCCCCCCSc1ncc(Cc2ccn(Cc3ccccc3)c(=O)c2)c(=O)[nH]1)c1ccc(Cl)cc1. The Balaban J connectivity index is 1.15. The molecule has 2 aromatic carbocycles. The number of unbranched alkanes of at least 4 members (excludes halogenated alkanes) is 4. The van der Waals surface area contributed by atoms with Gasteiger partial charge in [-0.15, -0.1) is 0 Å². The molecule has 6 nitrogen and oxygen atoms in total. The normalized spacial score (nSPS) is 11.0. The smallest absolute Gasteiger partial charge is 0.255 e. The van der Waals surface area contributed by atoms with Crippen molar-refractivity contribution < 1.29 is 4.79 Å². The lowest BCUT2D eigenvalue weighted by atomic mass is 10.0. The van der Waals surface area contributed by atoms with Crippen LogP contribution >= 0.6 is 23.4 Å². The fraction of sp³-hybridized carbons (Fsp3) is 0.290. The molecule has 0 aliphatic carbocycles. The van der Waals surface area contributed by atoms with E-state index in [0.717, 1.165) is 49.0 Å². The zero-order chi connectivity index (χ0) is 27.5. The summed E-state index contributed by atoms with van der Waals surface area (Å²) >= 11 is 7.41. The molecule has 1 N–H and O–H groups in total. The third-order valence-electron chi connectivity index (χ3n) is 6.45. The number of hydrogen-bond donors (Lipinski definition) is 1. The molecule has 0 fully saturated rings. The number of nitrogens with zero attached hydrogens (tertiary/aromatic N) is 2. The van der Waals surface area contributed by atoms with Crippen molar-refractivity contribution in [3.63, 3.8) is 0 Å². The van der Waals surface area contributed by atoms with Crippen molar-refractivity contribution in [2.45, 2.75) is 56.6 Å². The highest BCUT2D eigenvalue weighted by Gasteiger charge is 2.08. The summed E-state index contributed by atoms with van der Waals surface area (Å²) in [5.41, 5.74) is 2.82. The Morgan fingerprint density at radius 3 is 2.38 bits per heavy atom. The van der Waals surface area contributed by atoms with E-state index in [2.05, 4.69) is 9.97 Å². The number of nitrogens with one attached hydrogen (secondary N) is 1. The van der Waals surface area contributed by atoms with E-state index in [9.17, 15) is 14.4 Å². The van der Waals surface area contributed by atoms with Crippen LogP contribution < -0.4 is 11.1 Å². The fourth-order valence-corrected chi connectivity index (χ4v) is 5.22. The molecule has 0 atom stereocenters. The third-order valence-corrected chi connectivity index (χ3v) is 7.68. The Hall–Kier alpha value is -3.42. The van der Waals surface area contributed by atoms with Crippen LogP contribution in [0.4, 0.5) is 0 Å². The summed E-state index contributed by atoms with van der Waals surface area (Å²) < 4.78 is 1.65. The molecule has 0 unspecified atom stereocenters. The monoisotopic (exact) mass is 561 g/mol. The predicted octanol–water partition coefficient (Wildman–Crippen LogP) is 6.54. The highest BCUT2D eigenvalue weighted by atomic mass is 35.5. The lowest BCUT2D eigenvalue weighted by molar-refractivity contribution is 0.0979. The van der Waals surface area contributed by atoms with Crippen LogP contribution in [0.2, 0.25) is 5.02 Å². The molecule has 0 bridgehead atoms. The van der Waals surface area contributed by atoms with Gasteiger partial charge in [0.1, 0.15) is 0 Å². The van der Waals surface area contributed by atoms with Crippen molar-refractivity contribution in [2.24, 2.45) is 0 Å². The number of hydrogen-bond acceptors (Lipinski definition) is 5. The van der Waals surface area contributed by atoms with Crippen molar-refractivity contribution in [2.75, 3.05) is 5.75 Å². The summed E-state index contributed by atoms with van der Waals surface area (Å²) in [6.45, 7) is 0.512. The number of H-pyrrole nitrogens is 1. The van der Waals surface area contributed by atoms with E-state index < -0.39 is 0 Å². The maximum atomic E-state index is 12.6. The molecule has 0 saturated heterocycles. The Kier molecular flexibility index (Phi) is 10.7. The lowest BCUT2D eigenvalue weighted by Gasteiger charge is -2.08. The minimum Gasteiger partial charge on any atom is -0.311 e. The first-order valence-electron chi connectivity index (χ1n) is 13.2. The second kappa shape index (κ2) is 14.7. The number of Topliss-reactive ketones (excluding diaryl/α,β-unsaturated/α-hetero) is 1. The molecule has 202 valence electrons. The van der Waals surface area contributed by atoms with E-state index in [1.165, 1.54) is 11.8 Å². The molecule has 4 aromatic rings. The van der Waals surface area contributed by atoms with E-state index in [0.29, 0.717) is 40.7 Å². The molecule has 0 aliphatic rings. The number of carbonyl (C=O) groups excluding carboxylic acids is 1. The largest absolute Gasteiger partial charge is 0.311 e. The maximum Gasteiger partial charge on any atom is 0.255 e.